The fraction of sp³-hybridized carbons (Fsp3) is 0.556. The van der Waals surface area contributed by atoms with E-state index < -0.39 is 39.0 Å². The Hall–Kier alpha value is -2.03. The zero-order valence-corrected chi connectivity index (χ0v) is 16.1. The van der Waals surface area contributed by atoms with Crippen LogP contribution in [0, 0.1) is 11.6 Å². The molecule has 0 unspecified atom stereocenters. The minimum atomic E-state index is -3.43. The van der Waals surface area contributed by atoms with Crippen LogP contribution in [0.15, 0.2) is 18.2 Å². The number of carbonyl (C=O) groups is 2. The fourth-order valence-electron chi connectivity index (χ4n) is 2.89. The van der Waals surface area contributed by atoms with Crippen LogP contribution in [0.2, 0.25) is 0 Å². The van der Waals surface area contributed by atoms with E-state index in [1.54, 1.807) is 0 Å². The smallest absolute Gasteiger partial charge is 0.254 e. The van der Waals surface area contributed by atoms with Crippen molar-refractivity contribution in [3.05, 3.63) is 35.4 Å². The van der Waals surface area contributed by atoms with E-state index in [9.17, 15) is 26.8 Å². The Morgan fingerprint density at radius 2 is 1.63 bits per heavy atom. The summed E-state index contributed by atoms with van der Waals surface area (Å²) in [5.41, 5.74) is 0.0344. The summed E-state index contributed by atoms with van der Waals surface area (Å²) < 4.78 is 50.3. The van der Waals surface area contributed by atoms with Crippen molar-refractivity contribution >= 4 is 21.7 Å². The standard InChI is InChI=1S/C18H24F2N2O4S/c1-2-3-4-11-27(25,26)13-17(23)21-7-9-22(10-8-21)18(24)14-5-6-15(19)16(20)12-14/h5-6,12H,2-4,7-11,13H2,1H3. The quantitative estimate of drug-likeness (QED) is 0.653. The molecule has 0 N–H and O–H groups in total. The summed E-state index contributed by atoms with van der Waals surface area (Å²) in [5.74, 6) is -3.56. The van der Waals surface area contributed by atoms with Crippen LogP contribution in [-0.2, 0) is 14.6 Å². The molecule has 2 rings (SSSR count). The normalized spacial score (nSPS) is 15.1. The second kappa shape index (κ2) is 9.25. The summed E-state index contributed by atoms with van der Waals surface area (Å²) in [6.07, 6.45) is 2.25. The maximum Gasteiger partial charge on any atom is 0.254 e. The van der Waals surface area contributed by atoms with Crippen molar-refractivity contribution in [2.75, 3.05) is 37.7 Å². The predicted octanol–water partition coefficient (Wildman–Crippen LogP) is 1.85. The Balaban J connectivity index is 1.87. The zero-order chi connectivity index (χ0) is 20.0. The van der Waals surface area contributed by atoms with Crippen LogP contribution in [0.4, 0.5) is 8.78 Å². The average Bonchev–Trinajstić information content (AvgIpc) is 2.63. The molecule has 0 aromatic heterocycles. The van der Waals surface area contributed by atoms with Crippen LogP contribution >= 0.6 is 0 Å². The first kappa shape index (κ1) is 21.3. The predicted molar refractivity (Wildman–Crippen MR) is 97.0 cm³/mol. The van der Waals surface area contributed by atoms with Gasteiger partial charge in [-0.1, -0.05) is 19.8 Å². The fourth-order valence-corrected chi connectivity index (χ4v) is 4.24. The molecular weight excluding hydrogens is 378 g/mol. The number of unbranched alkanes of at least 4 members (excludes halogenated alkanes) is 2. The van der Waals surface area contributed by atoms with Gasteiger partial charge in [0.1, 0.15) is 5.75 Å². The van der Waals surface area contributed by atoms with Crippen molar-refractivity contribution in [2.24, 2.45) is 0 Å². The zero-order valence-electron chi connectivity index (χ0n) is 15.3. The molecule has 150 valence electrons. The van der Waals surface area contributed by atoms with E-state index in [4.69, 9.17) is 0 Å². The minimum absolute atomic E-state index is 0.00115. The Kier molecular flexibility index (Phi) is 7.29. The highest BCUT2D eigenvalue weighted by Gasteiger charge is 2.27. The summed E-state index contributed by atoms with van der Waals surface area (Å²) in [5, 5.41) is 0. The molecular formula is C18H24F2N2O4S. The Bertz CT molecular complexity index is 791. The first-order valence-electron chi connectivity index (χ1n) is 8.96. The van der Waals surface area contributed by atoms with E-state index in [0.717, 1.165) is 25.0 Å². The van der Waals surface area contributed by atoms with Crippen molar-refractivity contribution in [2.45, 2.75) is 26.2 Å². The monoisotopic (exact) mass is 402 g/mol. The molecule has 1 aromatic carbocycles. The largest absolute Gasteiger partial charge is 0.338 e. The Morgan fingerprint density at radius 1 is 1.00 bits per heavy atom. The number of piperazine rings is 1. The van der Waals surface area contributed by atoms with Crippen molar-refractivity contribution in [1.29, 1.82) is 0 Å². The number of hydrogen-bond acceptors (Lipinski definition) is 4. The van der Waals surface area contributed by atoms with Crippen molar-refractivity contribution in [3.8, 4) is 0 Å². The number of amides is 2. The maximum absolute atomic E-state index is 13.3. The highest BCUT2D eigenvalue weighted by molar-refractivity contribution is 7.92. The van der Waals surface area contributed by atoms with E-state index >= 15 is 0 Å². The second-order valence-electron chi connectivity index (χ2n) is 6.60. The van der Waals surface area contributed by atoms with Gasteiger partial charge in [-0.25, -0.2) is 17.2 Å². The minimum Gasteiger partial charge on any atom is -0.338 e. The van der Waals surface area contributed by atoms with Crippen LogP contribution < -0.4 is 0 Å². The third kappa shape index (κ3) is 5.98. The summed E-state index contributed by atoms with van der Waals surface area (Å²) in [4.78, 5) is 27.4. The molecule has 1 aliphatic rings. The van der Waals surface area contributed by atoms with Gasteiger partial charge in [-0.3, -0.25) is 9.59 Å². The lowest BCUT2D eigenvalue weighted by atomic mass is 10.1. The lowest BCUT2D eigenvalue weighted by Crippen LogP contribution is -2.51. The van der Waals surface area contributed by atoms with E-state index in [1.165, 1.54) is 15.9 Å². The molecule has 1 aromatic rings. The first-order chi connectivity index (χ1) is 12.7. The highest BCUT2D eigenvalue weighted by Crippen LogP contribution is 2.13. The molecule has 0 saturated carbocycles. The molecule has 0 spiro atoms. The first-order valence-corrected chi connectivity index (χ1v) is 10.8. The molecule has 0 aliphatic carbocycles. The number of rotatable bonds is 7. The van der Waals surface area contributed by atoms with Gasteiger partial charge < -0.3 is 9.80 Å². The third-order valence-corrected chi connectivity index (χ3v) is 6.09. The number of nitrogens with zero attached hydrogens (tertiary/aromatic N) is 2. The summed E-state index contributed by atoms with van der Waals surface area (Å²) >= 11 is 0. The molecule has 0 radical (unpaired) electrons. The molecule has 1 aliphatic heterocycles. The molecule has 27 heavy (non-hydrogen) atoms. The lowest BCUT2D eigenvalue weighted by molar-refractivity contribution is -0.129. The number of sulfone groups is 1. The SMILES string of the molecule is CCCCCS(=O)(=O)CC(=O)N1CCN(C(=O)c2ccc(F)c(F)c2)CC1. The van der Waals surface area contributed by atoms with E-state index in [-0.39, 0.29) is 37.5 Å². The number of carbonyl (C=O) groups excluding carboxylic acids is 2. The van der Waals surface area contributed by atoms with Crippen molar-refractivity contribution < 1.29 is 26.8 Å². The molecule has 9 heteroatoms. The second-order valence-corrected chi connectivity index (χ2v) is 8.79. The molecule has 1 fully saturated rings. The third-order valence-electron chi connectivity index (χ3n) is 4.49. The van der Waals surface area contributed by atoms with Gasteiger partial charge in [0.25, 0.3) is 5.91 Å². The van der Waals surface area contributed by atoms with Crippen LogP contribution in [0.25, 0.3) is 0 Å². The van der Waals surface area contributed by atoms with Gasteiger partial charge >= 0.3 is 0 Å². The van der Waals surface area contributed by atoms with Gasteiger partial charge in [-0.15, -0.1) is 0 Å². The van der Waals surface area contributed by atoms with E-state index in [2.05, 4.69) is 0 Å². The molecule has 0 atom stereocenters. The maximum atomic E-state index is 13.3. The van der Waals surface area contributed by atoms with E-state index in [1.807, 2.05) is 6.92 Å². The molecule has 0 bridgehead atoms. The molecule has 6 nitrogen and oxygen atoms in total. The molecule has 2 amide bonds. The Morgan fingerprint density at radius 3 is 2.22 bits per heavy atom. The van der Waals surface area contributed by atoms with Gasteiger partial charge in [0.2, 0.25) is 5.91 Å². The summed E-state index contributed by atoms with van der Waals surface area (Å²) in [6, 6.07) is 2.95. The number of halogens is 2. The average molecular weight is 402 g/mol. The van der Waals surface area contributed by atoms with Gasteiger partial charge in [0.15, 0.2) is 21.5 Å². The van der Waals surface area contributed by atoms with Gasteiger partial charge in [-0.2, -0.15) is 0 Å². The van der Waals surface area contributed by atoms with Crippen LogP contribution in [0.3, 0.4) is 0 Å². The summed E-state index contributed by atoms with van der Waals surface area (Å²) in [7, 11) is -3.43. The number of benzene rings is 1. The van der Waals surface area contributed by atoms with Gasteiger partial charge in [-0.05, 0) is 24.6 Å². The van der Waals surface area contributed by atoms with Crippen molar-refractivity contribution in [3.63, 3.8) is 0 Å². The summed E-state index contributed by atoms with van der Waals surface area (Å²) in [6.45, 7) is 2.80. The van der Waals surface area contributed by atoms with Gasteiger partial charge in [0.05, 0.1) is 5.75 Å². The van der Waals surface area contributed by atoms with Gasteiger partial charge in [0, 0.05) is 31.7 Å². The lowest BCUT2D eigenvalue weighted by Gasteiger charge is -2.34. The van der Waals surface area contributed by atoms with Crippen molar-refractivity contribution in [1.82, 2.24) is 9.80 Å². The van der Waals surface area contributed by atoms with Crippen LogP contribution in [0.5, 0.6) is 0 Å². The molecule has 1 saturated heterocycles. The van der Waals surface area contributed by atoms with Crippen LogP contribution in [-0.4, -0.2) is 67.7 Å². The highest BCUT2D eigenvalue weighted by atomic mass is 32.2. The van der Waals surface area contributed by atoms with E-state index in [0.29, 0.717) is 6.42 Å². The Labute approximate surface area is 158 Å². The van der Waals surface area contributed by atoms with Crippen LogP contribution in [0.1, 0.15) is 36.5 Å². The molecule has 1 heterocycles. The number of hydrogen-bond donors (Lipinski definition) is 0. The topological polar surface area (TPSA) is 74.8 Å².